The first-order valence-corrected chi connectivity index (χ1v) is 6.74. The second kappa shape index (κ2) is 4.63. The minimum absolute atomic E-state index is 0.183. The SMILES string of the molecule is O=C(O)C1CCCCC1c1ccc2c(c1)CCO2. The molecule has 3 nitrogen and oxygen atoms in total. The average Bonchev–Trinajstić information content (AvgIpc) is 2.85. The molecule has 0 spiro atoms. The maximum atomic E-state index is 11.3. The Balaban J connectivity index is 1.90. The molecule has 3 heteroatoms. The predicted molar refractivity (Wildman–Crippen MR) is 68.0 cm³/mol. The lowest BCUT2D eigenvalue weighted by Gasteiger charge is -2.29. The fourth-order valence-corrected chi connectivity index (χ4v) is 3.26. The first kappa shape index (κ1) is 11.6. The van der Waals surface area contributed by atoms with Gasteiger partial charge in [-0.3, -0.25) is 4.79 Å². The van der Waals surface area contributed by atoms with Crippen LogP contribution in [0.15, 0.2) is 18.2 Å². The highest BCUT2D eigenvalue weighted by molar-refractivity contribution is 5.71. The normalized spacial score (nSPS) is 26.4. The van der Waals surface area contributed by atoms with E-state index in [0.29, 0.717) is 0 Å². The standard InChI is InChI=1S/C15H18O3/c16-15(17)13-4-2-1-3-12(13)10-5-6-14-11(9-10)7-8-18-14/h5-6,9,12-13H,1-4,7-8H2,(H,16,17). The molecule has 1 aromatic carbocycles. The molecule has 1 aliphatic carbocycles. The van der Waals surface area contributed by atoms with Gasteiger partial charge in [-0.25, -0.2) is 0 Å². The fourth-order valence-electron chi connectivity index (χ4n) is 3.26. The molecule has 3 rings (SSSR count). The molecule has 1 N–H and O–H groups in total. The van der Waals surface area contributed by atoms with Gasteiger partial charge in [0.2, 0.25) is 0 Å². The van der Waals surface area contributed by atoms with Crippen molar-refractivity contribution in [3.63, 3.8) is 0 Å². The topological polar surface area (TPSA) is 46.5 Å². The summed E-state index contributed by atoms with van der Waals surface area (Å²) in [6.45, 7) is 0.756. The van der Waals surface area contributed by atoms with Crippen LogP contribution in [0.1, 0.15) is 42.7 Å². The maximum absolute atomic E-state index is 11.3. The van der Waals surface area contributed by atoms with Crippen molar-refractivity contribution in [3.8, 4) is 5.75 Å². The average molecular weight is 246 g/mol. The highest BCUT2D eigenvalue weighted by atomic mass is 16.5. The van der Waals surface area contributed by atoms with Gasteiger partial charge in [0.05, 0.1) is 12.5 Å². The highest BCUT2D eigenvalue weighted by Gasteiger charge is 2.32. The van der Waals surface area contributed by atoms with Gasteiger partial charge in [0.15, 0.2) is 0 Å². The van der Waals surface area contributed by atoms with Gasteiger partial charge in [-0.15, -0.1) is 0 Å². The van der Waals surface area contributed by atoms with Crippen molar-refractivity contribution in [2.45, 2.75) is 38.0 Å². The maximum Gasteiger partial charge on any atom is 0.307 e. The van der Waals surface area contributed by atoms with Gasteiger partial charge in [-0.2, -0.15) is 0 Å². The number of aliphatic carboxylic acids is 1. The molecule has 1 saturated carbocycles. The van der Waals surface area contributed by atoms with Crippen LogP contribution in [0, 0.1) is 5.92 Å². The highest BCUT2D eigenvalue weighted by Crippen LogP contribution is 2.39. The summed E-state index contributed by atoms with van der Waals surface area (Å²) in [6, 6.07) is 6.22. The zero-order chi connectivity index (χ0) is 12.5. The van der Waals surface area contributed by atoms with Gasteiger partial charge >= 0.3 is 5.97 Å². The number of hydrogen-bond donors (Lipinski definition) is 1. The Hall–Kier alpha value is -1.51. The minimum Gasteiger partial charge on any atom is -0.493 e. The van der Waals surface area contributed by atoms with E-state index in [1.54, 1.807) is 0 Å². The second-order valence-corrected chi connectivity index (χ2v) is 5.30. The summed E-state index contributed by atoms with van der Waals surface area (Å²) in [7, 11) is 0. The molecule has 1 fully saturated rings. The second-order valence-electron chi connectivity index (χ2n) is 5.30. The van der Waals surface area contributed by atoms with E-state index in [2.05, 4.69) is 12.1 Å². The molecule has 0 saturated heterocycles. The van der Waals surface area contributed by atoms with Crippen molar-refractivity contribution in [1.29, 1.82) is 0 Å². The number of ether oxygens (including phenoxy) is 1. The fraction of sp³-hybridized carbons (Fsp3) is 0.533. The number of carbonyl (C=O) groups is 1. The van der Waals surface area contributed by atoms with E-state index in [-0.39, 0.29) is 11.8 Å². The van der Waals surface area contributed by atoms with Crippen LogP contribution in [0.25, 0.3) is 0 Å². The first-order valence-electron chi connectivity index (χ1n) is 6.74. The Bertz CT molecular complexity index is 467. The third-order valence-corrected chi connectivity index (χ3v) is 4.22. The monoisotopic (exact) mass is 246 g/mol. The number of fused-ring (bicyclic) bond motifs is 1. The zero-order valence-electron chi connectivity index (χ0n) is 10.4. The van der Waals surface area contributed by atoms with Crippen LogP contribution >= 0.6 is 0 Å². The largest absolute Gasteiger partial charge is 0.493 e. The minimum atomic E-state index is -0.642. The summed E-state index contributed by atoms with van der Waals surface area (Å²) >= 11 is 0. The number of benzene rings is 1. The molecular weight excluding hydrogens is 228 g/mol. The van der Waals surface area contributed by atoms with E-state index in [9.17, 15) is 9.90 Å². The lowest BCUT2D eigenvalue weighted by Crippen LogP contribution is -2.25. The first-order chi connectivity index (χ1) is 8.75. The molecule has 1 aromatic rings. The molecular formula is C15H18O3. The third-order valence-electron chi connectivity index (χ3n) is 4.22. The number of carboxylic acids is 1. The summed E-state index contributed by atoms with van der Waals surface area (Å²) in [5.74, 6) is 0.305. The predicted octanol–water partition coefficient (Wildman–Crippen LogP) is 2.98. The lowest BCUT2D eigenvalue weighted by atomic mass is 9.75. The van der Waals surface area contributed by atoms with Crippen molar-refractivity contribution in [2.24, 2.45) is 5.92 Å². The summed E-state index contributed by atoms with van der Waals surface area (Å²) in [5, 5.41) is 9.34. The van der Waals surface area contributed by atoms with Crippen LogP contribution in [0.2, 0.25) is 0 Å². The molecule has 18 heavy (non-hydrogen) atoms. The zero-order valence-corrected chi connectivity index (χ0v) is 10.4. The smallest absolute Gasteiger partial charge is 0.307 e. The molecule has 0 bridgehead atoms. The van der Waals surface area contributed by atoms with Crippen molar-refractivity contribution in [1.82, 2.24) is 0 Å². The van der Waals surface area contributed by atoms with E-state index in [4.69, 9.17) is 4.74 Å². The van der Waals surface area contributed by atoms with E-state index >= 15 is 0 Å². The van der Waals surface area contributed by atoms with Gasteiger partial charge in [0.25, 0.3) is 0 Å². The van der Waals surface area contributed by atoms with Crippen LogP contribution in [0.3, 0.4) is 0 Å². The van der Waals surface area contributed by atoms with E-state index < -0.39 is 5.97 Å². The number of carboxylic acid groups (broad SMARTS) is 1. The Morgan fingerprint density at radius 2 is 2.11 bits per heavy atom. The van der Waals surface area contributed by atoms with E-state index in [0.717, 1.165) is 44.5 Å². The molecule has 0 radical (unpaired) electrons. The molecule has 1 aliphatic heterocycles. The van der Waals surface area contributed by atoms with Crippen molar-refractivity contribution in [2.75, 3.05) is 6.61 Å². The van der Waals surface area contributed by atoms with Gasteiger partial charge < -0.3 is 9.84 Å². The lowest BCUT2D eigenvalue weighted by molar-refractivity contribution is -0.143. The number of rotatable bonds is 2. The quantitative estimate of drug-likeness (QED) is 0.872. The molecule has 1 heterocycles. The van der Waals surface area contributed by atoms with Crippen molar-refractivity contribution < 1.29 is 14.6 Å². The van der Waals surface area contributed by atoms with Crippen molar-refractivity contribution in [3.05, 3.63) is 29.3 Å². The Morgan fingerprint density at radius 1 is 1.28 bits per heavy atom. The van der Waals surface area contributed by atoms with Gasteiger partial charge in [0.1, 0.15) is 5.75 Å². The number of hydrogen-bond acceptors (Lipinski definition) is 2. The third kappa shape index (κ3) is 1.98. The van der Waals surface area contributed by atoms with Crippen LogP contribution in [-0.4, -0.2) is 17.7 Å². The van der Waals surface area contributed by atoms with Crippen molar-refractivity contribution >= 4 is 5.97 Å². The molecule has 0 aromatic heterocycles. The molecule has 2 atom stereocenters. The van der Waals surface area contributed by atoms with E-state index in [1.807, 2.05) is 6.07 Å². The van der Waals surface area contributed by atoms with Crippen LogP contribution in [-0.2, 0) is 11.2 Å². The summed E-state index contributed by atoms with van der Waals surface area (Å²) < 4.78 is 5.50. The van der Waals surface area contributed by atoms with Gasteiger partial charge in [-0.05, 0) is 36.0 Å². The Labute approximate surface area is 107 Å². The van der Waals surface area contributed by atoms with Crippen LogP contribution < -0.4 is 4.74 Å². The van der Waals surface area contributed by atoms with Crippen LogP contribution in [0.5, 0.6) is 5.75 Å². The van der Waals surface area contributed by atoms with E-state index in [1.165, 1.54) is 11.1 Å². The molecule has 96 valence electrons. The molecule has 2 unspecified atom stereocenters. The Kier molecular flexibility index (Phi) is 2.98. The van der Waals surface area contributed by atoms with Crippen LogP contribution in [0.4, 0.5) is 0 Å². The summed E-state index contributed by atoms with van der Waals surface area (Å²) in [4.78, 5) is 11.3. The summed E-state index contributed by atoms with van der Waals surface area (Å²) in [5.41, 5.74) is 2.42. The Morgan fingerprint density at radius 3 is 2.94 bits per heavy atom. The van der Waals surface area contributed by atoms with Gasteiger partial charge in [-0.1, -0.05) is 25.0 Å². The summed E-state index contributed by atoms with van der Waals surface area (Å²) in [6.07, 6.45) is 4.95. The van der Waals surface area contributed by atoms with Gasteiger partial charge in [0, 0.05) is 6.42 Å². The molecule has 0 amide bonds. The molecule has 2 aliphatic rings.